The zero-order chi connectivity index (χ0) is 27.7. The lowest BCUT2D eigenvalue weighted by atomic mass is 9.70. The quantitative estimate of drug-likeness (QED) is 0.175. The van der Waals surface area contributed by atoms with Crippen LogP contribution < -0.4 is 0 Å². The molecule has 1 nitrogen and oxygen atoms in total. The molecule has 2 aliphatic rings. The SMILES string of the molecule is Clc1ccc2c(c1)C1(c3ccc4ccccc4c3-c3c1ccc1ccccc31)c1cc(Cl)c3c(oc4ccccc43)c1-2. The molecule has 1 heterocycles. The van der Waals surface area contributed by atoms with Crippen molar-refractivity contribution >= 4 is 66.7 Å². The van der Waals surface area contributed by atoms with Gasteiger partial charge in [-0.05, 0) is 84.8 Å². The maximum absolute atomic E-state index is 7.26. The molecule has 0 N–H and O–H groups in total. The average Bonchev–Trinajstić information content (AvgIpc) is 3.65. The van der Waals surface area contributed by atoms with E-state index in [-0.39, 0.29) is 0 Å². The topological polar surface area (TPSA) is 13.1 Å². The molecule has 0 unspecified atom stereocenters. The van der Waals surface area contributed by atoms with Gasteiger partial charge in [-0.25, -0.2) is 0 Å². The zero-order valence-corrected chi connectivity index (χ0v) is 23.7. The Morgan fingerprint density at radius 2 is 1.12 bits per heavy atom. The molecule has 1 spiro atoms. The minimum atomic E-state index is -0.606. The van der Waals surface area contributed by atoms with Gasteiger partial charge in [0, 0.05) is 21.4 Å². The van der Waals surface area contributed by atoms with Crippen LogP contribution in [0.4, 0.5) is 0 Å². The number of rotatable bonds is 0. The Balaban J connectivity index is 1.49. The molecule has 0 aliphatic heterocycles. The summed E-state index contributed by atoms with van der Waals surface area (Å²) in [5, 5.41) is 8.34. The predicted molar refractivity (Wildman–Crippen MR) is 175 cm³/mol. The molecule has 196 valence electrons. The highest BCUT2D eigenvalue weighted by atomic mass is 35.5. The second kappa shape index (κ2) is 7.83. The molecule has 0 saturated heterocycles. The molecule has 0 radical (unpaired) electrons. The molecular weight excluding hydrogens is 555 g/mol. The van der Waals surface area contributed by atoms with Crippen molar-refractivity contribution in [2.75, 3.05) is 0 Å². The minimum Gasteiger partial charge on any atom is -0.455 e. The molecule has 42 heavy (non-hydrogen) atoms. The summed E-state index contributed by atoms with van der Waals surface area (Å²) < 4.78 is 6.66. The first-order valence-electron chi connectivity index (χ1n) is 14.2. The van der Waals surface area contributed by atoms with E-state index in [0.29, 0.717) is 10.0 Å². The predicted octanol–water partition coefficient (Wildman–Crippen LogP) is 11.5. The number of benzene rings is 7. The van der Waals surface area contributed by atoms with E-state index in [9.17, 15) is 0 Å². The van der Waals surface area contributed by atoms with Crippen molar-refractivity contribution in [3.05, 3.63) is 154 Å². The van der Waals surface area contributed by atoms with E-state index < -0.39 is 5.41 Å². The Hall–Kier alpha value is -4.56. The lowest BCUT2D eigenvalue weighted by molar-refractivity contribution is 0.669. The third kappa shape index (κ3) is 2.59. The van der Waals surface area contributed by atoms with Crippen molar-refractivity contribution in [2.45, 2.75) is 5.41 Å². The van der Waals surface area contributed by atoms with Gasteiger partial charge < -0.3 is 4.42 Å². The average molecular weight is 575 g/mol. The van der Waals surface area contributed by atoms with Gasteiger partial charge in [0.1, 0.15) is 11.2 Å². The van der Waals surface area contributed by atoms with E-state index in [1.54, 1.807) is 0 Å². The van der Waals surface area contributed by atoms with Crippen LogP contribution in [0.2, 0.25) is 10.0 Å². The summed E-state index contributed by atoms with van der Waals surface area (Å²) >= 11 is 14.1. The molecule has 3 heteroatoms. The Kier molecular flexibility index (Phi) is 4.30. The fourth-order valence-corrected chi connectivity index (χ4v) is 8.51. The molecule has 2 aliphatic carbocycles. The summed E-state index contributed by atoms with van der Waals surface area (Å²) in [5.41, 5.74) is 10.7. The Labute approximate surface area is 251 Å². The van der Waals surface area contributed by atoms with Crippen LogP contribution >= 0.6 is 23.2 Å². The van der Waals surface area contributed by atoms with E-state index in [4.69, 9.17) is 27.6 Å². The van der Waals surface area contributed by atoms with Gasteiger partial charge in [0.2, 0.25) is 0 Å². The monoisotopic (exact) mass is 574 g/mol. The highest BCUT2D eigenvalue weighted by Gasteiger charge is 2.53. The summed E-state index contributed by atoms with van der Waals surface area (Å²) in [6, 6.07) is 43.2. The van der Waals surface area contributed by atoms with E-state index >= 15 is 0 Å². The van der Waals surface area contributed by atoms with Gasteiger partial charge in [-0.15, -0.1) is 0 Å². The van der Waals surface area contributed by atoms with Crippen LogP contribution in [0.25, 0.3) is 65.7 Å². The number of furan rings is 1. The number of hydrogen-bond donors (Lipinski definition) is 0. The van der Waals surface area contributed by atoms with Crippen molar-refractivity contribution in [3.8, 4) is 22.3 Å². The molecule has 0 fully saturated rings. The second-order valence-corrected chi connectivity index (χ2v) is 12.3. The maximum Gasteiger partial charge on any atom is 0.145 e. The first-order chi connectivity index (χ1) is 20.7. The molecule has 10 rings (SSSR count). The van der Waals surface area contributed by atoms with Crippen LogP contribution in [0.3, 0.4) is 0 Å². The van der Waals surface area contributed by atoms with Gasteiger partial charge in [0.25, 0.3) is 0 Å². The molecular formula is C39H20Cl2O. The first-order valence-corrected chi connectivity index (χ1v) is 14.9. The van der Waals surface area contributed by atoms with Gasteiger partial charge in [-0.2, -0.15) is 0 Å². The number of para-hydroxylation sites is 1. The highest BCUT2D eigenvalue weighted by Crippen LogP contribution is 2.66. The largest absolute Gasteiger partial charge is 0.455 e. The molecule has 0 bridgehead atoms. The van der Waals surface area contributed by atoms with Crippen molar-refractivity contribution in [1.82, 2.24) is 0 Å². The first kappa shape index (κ1) is 23.1. The molecule has 7 aromatic carbocycles. The van der Waals surface area contributed by atoms with Crippen LogP contribution in [0, 0.1) is 0 Å². The fourth-order valence-electron chi connectivity index (χ4n) is 8.04. The zero-order valence-electron chi connectivity index (χ0n) is 22.2. The lowest BCUT2D eigenvalue weighted by Crippen LogP contribution is -2.26. The third-order valence-electron chi connectivity index (χ3n) is 9.58. The molecule has 1 aromatic heterocycles. The van der Waals surface area contributed by atoms with Gasteiger partial charge >= 0.3 is 0 Å². The normalized spacial score (nSPS) is 14.1. The third-order valence-corrected chi connectivity index (χ3v) is 10.1. The van der Waals surface area contributed by atoms with Crippen LogP contribution in [-0.2, 0) is 5.41 Å². The highest BCUT2D eigenvalue weighted by molar-refractivity contribution is 6.39. The Morgan fingerprint density at radius 3 is 1.81 bits per heavy atom. The maximum atomic E-state index is 7.26. The lowest BCUT2D eigenvalue weighted by Gasteiger charge is -2.31. The van der Waals surface area contributed by atoms with Crippen LogP contribution in [0.1, 0.15) is 22.3 Å². The fraction of sp³-hybridized carbons (Fsp3) is 0.0256. The van der Waals surface area contributed by atoms with Crippen LogP contribution in [0.15, 0.2) is 126 Å². The van der Waals surface area contributed by atoms with Crippen molar-refractivity contribution in [2.24, 2.45) is 0 Å². The number of fused-ring (bicyclic) bond motifs is 18. The van der Waals surface area contributed by atoms with Gasteiger partial charge in [-0.3, -0.25) is 0 Å². The number of hydrogen-bond acceptors (Lipinski definition) is 1. The molecule has 8 aromatic rings. The Bertz CT molecular complexity index is 2420. The van der Waals surface area contributed by atoms with E-state index in [1.165, 1.54) is 49.4 Å². The molecule has 0 amide bonds. The smallest absolute Gasteiger partial charge is 0.145 e. The molecule has 0 atom stereocenters. The van der Waals surface area contributed by atoms with Gasteiger partial charge in [-0.1, -0.05) is 120 Å². The summed E-state index contributed by atoms with van der Waals surface area (Å²) in [6.07, 6.45) is 0. The minimum absolute atomic E-state index is 0.606. The summed E-state index contributed by atoms with van der Waals surface area (Å²) in [4.78, 5) is 0. The van der Waals surface area contributed by atoms with E-state index in [1.807, 2.05) is 24.3 Å². The van der Waals surface area contributed by atoms with Crippen molar-refractivity contribution in [1.29, 1.82) is 0 Å². The Morgan fingerprint density at radius 1 is 0.500 bits per heavy atom. The number of halogens is 2. The summed E-state index contributed by atoms with van der Waals surface area (Å²) in [7, 11) is 0. The van der Waals surface area contributed by atoms with Crippen LogP contribution in [-0.4, -0.2) is 0 Å². The van der Waals surface area contributed by atoms with Gasteiger partial charge in [0.15, 0.2) is 0 Å². The second-order valence-electron chi connectivity index (χ2n) is 11.4. The van der Waals surface area contributed by atoms with Gasteiger partial charge in [0.05, 0.1) is 10.4 Å². The van der Waals surface area contributed by atoms with Crippen molar-refractivity contribution < 1.29 is 4.42 Å². The molecule has 0 saturated carbocycles. The van der Waals surface area contributed by atoms with Crippen molar-refractivity contribution in [3.63, 3.8) is 0 Å². The van der Waals surface area contributed by atoms with E-state index in [2.05, 4.69) is 97.1 Å². The summed E-state index contributed by atoms with van der Waals surface area (Å²) in [5.74, 6) is 0. The van der Waals surface area contributed by atoms with E-state index in [0.717, 1.165) is 38.6 Å². The van der Waals surface area contributed by atoms with Crippen LogP contribution in [0.5, 0.6) is 0 Å². The standard InChI is InChI=1S/C39H20Cl2O/c40-23-15-16-26-30(19-23)39(31-20-32(41)37-27-11-5-6-12-33(27)42-38(37)36(26)31)28-17-13-21-7-1-3-9-24(21)34(28)35-25-10-4-2-8-22(25)14-18-29(35)39/h1-20H. The summed E-state index contributed by atoms with van der Waals surface area (Å²) in [6.45, 7) is 0.